The van der Waals surface area contributed by atoms with E-state index in [0.717, 1.165) is 5.56 Å². The lowest BCUT2D eigenvalue weighted by atomic mass is 10.1. The molecule has 0 saturated carbocycles. The number of hydrogen-bond donors (Lipinski definition) is 2. The molecule has 0 spiro atoms. The van der Waals surface area contributed by atoms with Crippen molar-refractivity contribution in [3.63, 3.8) is 0 Å². The van der Waals surface area contributed by atoms with Gasteiger partial charge >= 0.3 is 0 Å². The summed E-state index contributed by atoms with van der Waals surface area (Å²) in [5.74, 6) is -0.262. The molecule has 2 atom stereocenters. The first-order valence-electron chi connectivity index (χ1n) is 6.71. The Morgan fingerprint density at radius 1 is 1.19 bits per heavy atom. The molecule has 6 heteroatoms. The second kappa shape index (κ2) is 7.17. The fourth-order valence-corrected chi connectivity index (χ4v) is 4.49. The zero-order chi connectivity index (χ0) is 15.3. The highest BCUT2D eigenvalue weighted by Crippen LogP contribution is 2.18. The lowest BCUT2D eigenvalue weighted by Crippen LogP contribution is -2.33. The van der Waals surface area contributed by atoms with Gasteiger partial charge in [-0.1, -0.05) is 36.4 Å². The highest BCUT2D eigenvalue weighted by molar-refractivity contribution is 7.93. The van der Waals surface area contributed by atoms with Crippen molar-refractivity contribution in [3.8, 4) is 0 Å². The summed E-state index contributed by atoms with van der Waals surface area (Å²) >= 11 is 1.17. The van der Waals surface area contributed by atoms with Crippen LogP contribution >= 0.6 is 11.3 Å². The topological polar surface area (TPSA) is 66.4 Å². The summed E-state index contributed by atoms with van der Waals surface area (Å²) in [5, 5.41) is 14.8. The number of aliphatic hydroxyl groups excluding tert-OH is 1. The Kier molecular flexibility index (Phi) is 5.52. The van der Waals surface area contributed by atoms with Crippen LogP contribution in [-0.4, -0.2) is 31.9 Å². The van der Waals surface area contributed by atoms with Gasteiger partial charge in [0.15, 0.2) is 9.84 Å². The Hall–Kier alpha value is -1.21. The molecular formula is C15H19NO3S2. The molecule has 1 aromatic carbocycles. The molecule has 0 aliphatic carbocycles. The van der Waals surface area contributed by atoms with Crippen molar-refractivity contribution in [2.45, 2.75) is 23.3 Å². The van der Waals surface area contributed by atoms with Crippen LogP contribution in [0.5, 0.6) is 0 Å². The molecule has 114 valence electrons. The van der Waals surface area contributed by atoms with Gasteiger partial charge < -0.3 is 10.4 Å². The van der Waals surface area contributed by atoms with Gasteiger partial charge in [-0.05, 0) is 23.9 Å². The van der Waals surface area contributed by atoms with E-state index in [1.54, 1.807) is 17.5 Å². The average molecular weight is 325 g/mol. The van der Waals surface area contributed by atoms with Gasteiger partial charge in [0, 0.05) is 12.6 Å². The van der Waals surface area contributed by atoms with Crippen LogP contribution in [0.25, 0.3) is 0 Å². The average Bonchev–Trinajstić information content (AvgIpc) is 3.00. The van der Waals surface area contributed by atoms with Crippen molar-refractivity contribution < 1.29 is 13.5 Å². The van der Waals surface area contributed by atoms with E-state index >= 15 is 0 Å². The largest absolute Gasteiger partial charge is 0.391 e. The van der Waals surface area contributed by atoms with Crippen molar-refractivity contribution in [1.29, 1.82) is 0 Å². The summed E-state index contributed by atoms with van der Waals surface area (Å²) < 4.78 is 24.4. The third-order valence-electron chi connectivity index (χ3n) is 3.17. The maximum Gasteiger partial charge on any atom is 0.190 e. The fraction of sp³-hybridized carbons (Fsp3) is 0.333. The normalized spacial score (nSPS) is 14.8. The van der Waals surface area contributed by atoms with Crippen molar-refractivity contribution in [3.05, 3.63) is 53.4 Å². The van der Waals surface area contributed by atoms with Gasteiger partial charge in [-0.3, -0.25) is 0 Å². The smallest absolute Gasteiger partial charge is 0.190 e. The molecule has 0 amide bonds. The zero-order valence-electron chi connectivity index (χ0n) is 11.8. The maximum atomic E-state index is 12.0. The maximum absolute atomic E-state index is 12.0. The van der Waals surface area contributed by atoms with Gasteiger partial charge in [-0.15, -0.1) is 11.3 Å². The van der Waals surface area contributed by atoms with E-state index in [1.165, 1.54) is 11.3 Å². The molecule has 0 aliphatic rings. The summed E-state index contributed by atoms with van der Waals surface area (Å²) in [5.41, 5.74) is 1.10. The summed E-state index contributed by atoms with van der Waals surface area (Å²) in [6.07, 6.45) is -0.928. The number of hydrogen-bond acceptors (Lipinski definition) is 5. The first kappa shape index (κ1) is 16.2. The molecule has 0 aliphatic heterocycles. The second-order valence-electron chi connectivity index (χ2n) is 4.91. The Bertz CT molecular complexity index is 639. The molecule has 0 bridgehead atoms. The van der Waals surface area contributed by atoms with Crippen molar-refractivity contribution in [1.82, 2.24) is 5.32 Å². The second-order valence-corrected chi connectivity index (χ2v) is 8.12. The third kappa shape index (κ3) is 4.64. The first-order valence-corrected chi connectivity index (χ1v) is 9.25. The number of thiophene rings is 1. The van der Waals surface area contributed by atoms with Crippen LogP contribution < -0.4 is 5.32 Å². The standard InChI is InChI=1S/C15H19NO3S2/c1-12(13-6-3-2-4-7-13)16-10-14(17)11-21(18,19)15-8-5-9-20-15/h2-9,12,14,16-17H,10-11H2,1H3. The van der Waals surface area contributed by atoms with E-state index in [0.29, 0.717) is 4.21 Å². The summed E-state index contributed by atoms with van der Waals surface area (Å²) in [6.45, 7) is 2.22. The highest BCUT2D eigenvalue weighted by atomic mass is 32.2. The number of sulfone groups is 1. The molecule has 0 saturated heterocycles. The van der Waals surface area contributed by atoms with Gasteiger partial charge in [0.25, 0.3) is 0 Å². The van der Waals surface area contributed by atoms with E-state index in [-0.39, 0.29) is 18.3 Å². The molecule has 0 fully saturated rings. The molecule has 4 nitrogen and oxygen atoms in total. The van der Waals surface area contributed by atoms with Gasteiger partial charge in [0.05, 0.1) is 11.9 Å². The lowest BCUT2D eigenvalue weighted by molar-refractivity contribution is 0.189. The molecule has 1 aromatic heterocycles. The first-order chi connectivity index (χ1) is 9.99. The Balaban J connectivity index is 1.87. The highest BCUT2D eigenvalue weighted by Gasteiger charge is 2.21. The number of nitrogens with one attached hydrogen (secondary N) is 1. The molecule has 1 heterocycles. The van der Waals surface area contributed by atoms with Crippen LogP contribution in [0.3, 0.4) is 0 Å². The minimum Gasteiger partial charge on any atom is -0.391 e. The Labute approximate surface area is 129 Å². The third-order valence-corrected chi connectivity index (χ3v) is 6.46. The van der Waals surface area contributed by atoms with E-state index < -0.39 is 15.9 Å². The van der Waals surface area contributed by atoms with Crippen molar-refractivity contribution in [2.75, 3.05) is 12.3 Å². The van der Waals surface area contributed by atoms with E-state index in [1.807, 2.05) is 37.3 Å². The van der Waals surface area contributed by atoms with E-state index in [4.69, 9.17) is 0 Å². The van der Waals surface area contributed by atoms with E-state index in [2.05, 4.69) is 5.32 Å². The number of rotatable bonds is 7. The number of aliphatic hydroxyl groups is 1. The molecule has 0 radical (unpaired) electrons. The van der Waals surface area contributed by atoms with Crippen molar-refractivity contribution >= 4 is 21.2 Å². The van der Waals surface area contributed by atoms with Gasteiger partial charge in [0.2, 0.25) is 0 Å². The minimum absolute atomic E-state index is 0.0605. The lowest BCUT2D eigenvalue weighted by Gasteiger charge is -2.17. The van der Waals surface area contributed by atoms with Gasteiger partial charge in [-0.2, -0.15) is 0 Å². The van der Waals surface area contributed by atoms with Crippen LogP contribution in [0.4, 0.5) is 0 Å². The predicted molar refractivity (Wildman–Crippen MR) is 85.2 cm³/mol. The van der Waals surface area contributed by atoms with Crippen molar-refractivity contribution in [2.24, 2.45) is 0 Å². The van der Waals surface area contributed by atoms with Crippen LogP contribution in [0.2, 0.25) is 0 Å². The molecular weight excluding hydrogens is 306 g/mol. The zero-order valence-corrected chi connectivity index (χ0v) is 13.4. The quantitative estimate of drug-likeness (QED) is 0.819. The van der Waals surface area contributed by atoms with Gasteiger partial charge in [0.1, 0.15) is 4.21 Å². The summed E-state index contributed by atoms with van der Waals surface area (Å²) in [6, 6.07) is 13.1. The molecule has 2 N–H and O–H groups in total. The van der Waals surface area contributed by atoms with E-state index in [9.17, 15) is 13.5 Å². The van der Waals surface area contributed by atoms with Crippen LogP contribution in [-0.2, 0) is 9.84 Å². The molecule has 2 rings (SSSR count). The fourth-order valence-electron chi connectivity index (χ4n) is 2.01. The minimum atomic E-state index is -3.40. The molecule has 2 aromatic rings. The monoisotopic (exact) mass is 325 g/mol. The summed E-state index contributed by atoms with van der Waals surface area (Å²) in [4.78, 5) is 0. The Morgan fingerprint density at radius 2 is 1.90 bits per heavy atom. The summed E-state index contributed by atoms with van der Waals surface area (Å²) in [7, 11) is -3.40. The molecule has 2 unspecified atom stereocenters. The van der Waals surface area contributed by atoms with Crippen LogP contribution in [0.15, 0.2) is 52.1 Å². The number of benzene rings is 1. The van der Waals surface area contributed by atoms with Crippen LogP contribution in [0, 0.1) is 0 Å². The SMILES string of the molecule is CC(NCC(O)CS(=O)(=O)c1cccs1)c1ccccc1. The molecule has 21 heavy (non-hydrogen) atoms. The Morgan fingerprint density at radius 3 is 2.52 bits per heavy atom. The van der Waals surface area contributed by atoms with Gasteiger partial charge in [-0.25, -0.2) is 8.42 Å². The van der Waals surface area contributed by atoms with Crippen LogP contribution in [0.1, 0.15) is 18.5 Å². The predicted octanol–water partition coefficient (Wildman–Crippen LogP) is 2.23.